The van der Waals surface area contributed by atoms with Crippen LogP contribution in [0.3, 0.4) is 0 Å². The van der Waals surface area contributed by atoms with E-state index in [0.717, 1.165) is 30.0 Å². The van der Waals surface area contributed by atoms with Crippen molar-refractivity contribution in [1.29, 1.82) is 0 Å². The molecule has 0 aliphatic carbocycles. The molecule has 0 amide bonds. The summed E-state index contributed by atoms with van der Waals surface area (Å²) in [6, 6.07) is 9.99. The van der Waals surface area contributed by atoms with Gasteiger partial charge >= 0.3 is 0 Å². The maximum absolute atomic E-state index is 6.01. The standard InChI is InChI=1S/C19H23N5O2/c1-12-17(13(2)24(3)23-12)18-15(9-10-25-18)20-11-16-21-22-19(26-16)14-7-5-4-6-8-14/h4-8,15,18,20H,9-11H2,1-3H3/t15-,18-/m0/s1. The van der Waals surface area contributed by atoms with Crippen molar-refractivity contribution in [3.05, 3.63) is 53.2 Å². The van der Waals surface area contributed by atoms with E-state index in [1.807, 2.05) is 49.0 Å². The van der Waals surface area contributed by atoms with Crippen molar-refractivity contribution >= 4 is 0 Å². The first-order valence-electron chi connectivity index (χ1n) is 8.86. The van der Waals surface area contributed by atoms with Gasteiger partial charge in [0.05, 0.1) is 12.2 Å². The van der Waals surface area contributed by atoms with E-state index in [1.54, 1.807) is 0 Å². The average molecular weight is 353 g/mol. The van der Waals surface area contributed by atoms with Crippen LogP contribution in [0.2, 0.25) is 0 Å². The lowest BCUT2D eigenvalue weighted by Crippen LogP contribution is -2.31. The van der Waals surface area contributed by atoms with Gasteiger partial charge in [-0.15, -0.1) is 10.2 Å². The highest BCUT2D eigenvalue weighted by atomic mass is 16.5. The lowest BCUT2D eigenvalue weighted by atomic mass is 10.0. The summed E-state index contributed by atoms with van der Waals surface area (Å²) >= 11 is 0. The van der Waals surface area contributed by atoms with Crippen LogP contribution in [-0.4, -0.2) is 32.6 Å². The fourth-order valence-electron chi connectivity index (χ4n) is 3.53. The third kappa shape index (κ3) is 3.15. The van der Waals surface area contributed by atoms with E-state index in [1.165, 1.54) is 5.56 Å². The third-order valence-corrected chi connectivity index (χ3v) is 4.94. The first kappa shape index (κ1) is 16.9. The van der Waals surface area contributed by atoms with Crippen molar-refractivity contribution in [2.75, 3.05) is 6.61 Å². The Morgan fingerprint density at radius 1 is 1.19 bits per heavy atom. The highest BCUT2D eigenvalue weighted by molar-refractivity contribution is 5.51. The zero-order valence-corrected chi connectivity index (χ0v) is 15.3. The van der Waals surface area contributed by atoms with Gasteiger partial charge in [0.15, 0.2) is 0 Å². The molecule has 4 rings (SSSR count). The number of rotatable bonds is 5. The molecular weight excluding hydrogens is 330 g/mol. The molecule has 1 aliphatic heterocycles. The van der Waals surface area contributed by atoms with Gasteiger partial charge in [0.2, 0.25) is 11.8 Å². The molecule has 3 aromatic rings. The van der Waals surface area contributed by atoms with E-state index in [-0.39, 0.29) is 12.1 Å². The molecular formula is C19H23N5O2. The van der Waals surface area contributed by atoms with Crippen LogP contribution in [0.4, 0.5) is 0 Å². The summed E-state index contributed by atoms with van der Waals surface area (Å²) in [4.78, 5) is 0. The van der Waals surface area contributed by atoms with E-state index in [9.17, 15) is 0 Å². The van der Waals surface area contributed by atoms with Crippen LogP contribution in [0.1, 0.15) is 35.4 Å². The Hall–Kier alpha value is -2.51. The number of benzene rings is 1. The first-order chi connectivity index (χ1) is 12.6. The summed E-state index contributed by atoms with van der Waals surface area (Å²) in [5.74, 6) is 1.12. The van der Waals surface area contributed by atoms with Gasteiger partial charge in [-0.1, -0.05) is 18.2 Å². The molecule has 0 saturated carbocycles. The Balaban J connectivity index is 1.45. The average Bonchev–Trinajstić information content (AvgIpc) is 3.35. The maximum Gasteiger partial charge on any atom is 0.247 e. The number of nitrogens with zero attached hydrogens (tertiary/aromatic N) is 4. The number of hydrogen-bond acceptors (Lipinski definition) is 6. The smallest absolute Gasteiger partial charge is 0.247 e. The lowest BCUT2D eigenvalue weighted by Gasteiger charge is -2.20. The number of ether oxygens (including phenoxy) is 1. The minimum Gasteiger partial charge on any atom is -0.419 e. The fourth-order valence-corrected chi connectivity index (χ4v) is 3.53. The van der Waals surface area contributed by atoms with Gasteiger partial charge in [0.1, 0.15) is 6.10 Å². The summed E-state index contributed by atoms with van der Waals surface area (Å²) in [5, 5.41) is 16.3. The molecule has 3 heterocycles. The van der Waals surface area contributed by atoms with Crippen LogP contribution in [0.5, 0.6) is 0 Å². The number of hydrogen-bond donors (Lipinski definition) is 1. The van der Waals surface area contributed by atoms with Gasteiger partial charge in [-0.2, -0.15) is 5.10 Å². The SMILES string of the molecule is Cc1nn(C)c(C)c1[C@H]1OCC[C@@H]1NCc1nnc(-c2ccccc2)o1. The Morgan fingerprint density at radius 2 is 2.00 bits per heavy atom. The number of aromatic nitrogens is 4. The van der Waals surface area contributed by atoms with Gasteiger partial charge in [0, 0.05) is 36.5 Å². The van der Waals surface area contributed by atoms with Crippen molar-refractivity contribution in [1.82, 2.24) is 25.3 Å². The van der Waals surface area contributed by atoms with Crippen LogP contribution in [0.15, 0.2) is 34.7 Å². The van der Waals surface area contributed by atoms with Gasteiger partial charge in [-0.05, 0) is 32.4 Å². The van der Waals surface area contributed by atoms with Crippen molar-refractivity contribution < 1.29 is 9.15 Å². The zero-order chi connectivity index (χ0) is 18.1. The molecule has 136 valence electrons. The Morgan fingerprint density at radius 3 is 2.73 bits per heavy atom. The van der Waals surface area contributed by atoms with Crippen molar-refractivity contribution in [2.24, 2.45) is 7.05 Å². The minimum atomic E-state index is 0.000199. The number of nitrogens with one attached hydrogen (secondary N) is 1. The molecule has 0 radical (unpaired) electrons. The fraction of sp³-hybridized carbons (Fsp3) is 0.421. The summed E-state index contributed by atoms with van der Waals surface area (Å²) in [6.45, 7) is 5.36. The molecule has 2 atom stereocenters. The lowest BCUT2D eigenvalue weighted by molar-refractivity contribution is 0.0969. The molecule has 1 N–H and O–H groups in total. The van der Waals surface area contributed by atoms with Gasteiger partial charge in [-0.25, -0.2) is 0 Å². The van der Waals surface area contributed by atoms with Crippen molar-refractivity contribution in [3.8, 4) is 11.5 Å². The summed E-state index contributed by atoms with van der Waals surface area (Å²) < 4.78 is 13.7. The topological polar surface area (TPSA) is 78.0 Å². The van der Waals surface area contributed by atoms with Gasteiger partial charge in [0.25, 0.3) is 0 Å². The number of aryl methyl sites for hydroxylation is 2. The van der Waals surface area contributed by atoms with Crippen LogP contribution < -0.4 is 5.32 Å². The van der Waals surface area contributed by atoms with E-state index in [4.69, 9.17) is 9.15 Å². The molecule has 1 saturated heterocycles. The minimum absolute atomic E-state index is 0.000199. The van der Waals surface area contributed by atoms with Crippen LogP contribution >= 0.6 is 0 Å². The predicted octanol–water partition coefficient (Wildman–Crippen LogP) is 2.71. The summed E-state index contributed by atoms with van der Waals surface area (Å²) in [6.07, 6.45) is 0.943. The second kappa shape index (κ2) is 7.01. The normalized spacial score (nSPS) is 20.0. The van der Waals surface area contributed by atoms with E-state index in [0.29, 0.717) is 18.3 Å². The second-order valence-corrected chi connectivity index (χ2v) is 6.64. The van der Waals surface area contributed by atoms with Crippen LogP contribution in [0, 0.1) is 13.8 Å². The zero-order valence-electron chi connectivity index (χ0n) is 15.3. The van der Waals surface area contributed by atoms with Crippen LogP contribution in [-0.2, 0) is 18.3 Å². The first-order valence-corrected chi connectivity index (χ1v) is 8.86. The van der Waals surface area contributed by atoms with Gasteiger partial charge < -0.3 is 14.5 Å². The van der Waals surface area contributed by atoms with E-state index >= 15 is 0 Å². The molecule has 1 aromatic carbocycles. The molecule has 0 spiro atoms. The highest BCUT2D eigenvalue weighted by Crippen LogP contribution is 2.33. The Bertz CT molecular complexity index is 887. The quantitative estimate of drug-likeness (QED) is 0.760. The third-order valence-electron chi connectivity index (χ3n) is 4.94. The molecule has 7 nitrogen and oxygen atoms in total. The van der Waals surface area contributed by atoms with Crippen LogP contribution in [0.25, 0.3) is 11.5 Å². The molecule has 2 aromatic heterocycles. The molecule has 1 aliphatic rings. The highest BCUT2D eigenvalue weighted by Gasteiger charge is 2.33. The molecule has 26 heavy (non-hydrogen) atoms. The Kier molecular flexibility index (Phi) is 4.57. The largest absolute Gasteiger partial charge is 0.419 e. The molecule has 7 heteroatoms. The van der Waals surface area contributed by atoms with E-state index < -0.39 is 0 Å². The van der Waals surface area contributed by atoms with E-state index in [2.05, 4.69) is 27.5 Å². The summed E-state index contributed by atoms with van der Waals surface area (Å²) in [7, 11) is 1.97. The predicted molar refractivity (Wildman–Crippen MR) is 96.4 cm³/mol. The summed E-state index contributed by atoms with van der Waals surface area (Å²) in [5.41, 5.74) is 4.27. The Labute approximate surface area is 152 Å². The van der Waals surface area contributed by atoms with Crippen molar-refractivity contribution in [3.63, 3.8) is 0 Å². The van der Waals surface area contributed by atoms with Gasteiger partial charge in [-0.3, -0.25) is 4.68 Å². The monoisotopic (exact) mass is 353 g/mol. The van der Waals surface area contributed by atoms with Crippen molar-refractivity contribution in [2.45, 2.75) is 39.0 Å². The molecule has 0 unspecified atom stereocenters. The maximum atomic E-state index is 6.01. The molecule has 1 fully saturated rings. The second-order valence-electron chi connectivity index (χ2n) is 6.64. The molecule has 0 bridgehead atoms.